The van der Waals surface area contributed by atoms with Crippen LogP contribution in [0.1, 0.15) is 27.2 Å². The van der Waals surface area contributed by atoms with E-state index < -0.39 is 8.32 Å². The highest BCUT2D eigenvalue weighted by molar-refractivity contribution is 8.00. The molecule has 1 fully saturated rings. The van der Waals surface area contributed by atoms with Gasteiger partial charge in [-0.1, -0.05) is 39.0 Å². The van der Waals surface area contributed by atoms with Gasteiger partial charge in [0.05, 0.1) is 5.37 Å². The van der Waals surface area contributed by atoms with Gasteiger partial charge < -0.3 is 14.7 Å². The Hall–Kier alpha value is -0.333. The standard InChI is InChI=1S/C17H28NO2SSi/c1-17(2,3)22(4,5)20-12-11-14-13-18(19)16(14)21-15-9-7-6-8-10-15/h6-10,14,16H,11-13H2,1-5H3/q-1/t14-,16+/m0/s1. The van der Waals surface area contributed by atoms with Crippen molar-refractivity contribution in [1.29, 1.82) is 0 Å². The lowest BCUT2D eigenvalue weighted by molar-refractivity contribution is 0.105. The van der Waals surface area contributed by atoms with Gasteiger partial charge in [0, 0.05) is 11.5 Å². The molecule has 1 heterocycles. The molecule has 0 amide bonds. The summed E-state index contributed by atoms with van der Waals surface area (Å²) in [6, 6.07) is 10.2. The van der Waals surface area contributed by atoms with Gasteiger partial charge in [-0.2, -0.15) is 0 Å². The molecule has 0 saturated carbocycles. The molecule has 0 radical (unpaired) electrons. The first-order chi connectivity index (χ1) is 10.2. The third-order valence-corrected chi connectivity index (χ3v) is 10.8. The van der Waals surface area contributed by atoms with Gasteiger partial charge in [-0.3, -0.25) is 0 Å². The third-order valence-electron chi connectivity index (χ3n) is 4.86. The van der Waals surface area contributed by atoms with Crippen LogP contribution in [0.15, 0.2) is 35.2 Å². The minimum Gasteiger partial charge on any atom is -0.784 e. The van der Waals surface area contributed by atoms with Crippen LogP contribution in [0.2, 0.25) is 18.1 Å². The van der Waals surface area contributed by atoms with Crippen molar-refractivity contribution in [2.24, 2.45) is 5.92 Å². The van der Waals surface area contributed by atoms with E-state index in [-0.39, 0.29) is 10.4 Å². The van der Waals surface area contributed by atoms with Crippen LogP contribution in [0.3, 0.4) is 0 Å². The number of hydrogen-bond donors (Lipinski definition) is 0. The Balaban J connectivity index is 1.81. The van der Waals surface area contributed by atoms with Crippen LogP contribution in [-0.2, 0) is 4.43 Å². The van der Waals surface area contributed by atoms with E-state index >= 15 is 0 Å². The summed E-state index contributed by atoms with van der Waals surface area (Å²) in [6.07, 6.45) is 0.982. The molecule has 0 aromatic heterocycles. The second-order valence-corrected chi connectivity index (χ2v) is 13.6. The van der Waals surface area contributed by atoms with Gasteiger partial charge in [-0.15, -0.1) is 11.8 Å². The van der Waals surface area contributed by atoms with Crippen molar-refractivity contribution in [3.63, 3.8) is 0 Å². The van der Waals surface area contributed by atoms with Crippen LogP contribution in [0.25, 0.3) is 0 Å². The molecule has 2 rings (SSSR count). The van der Waals surface area contributed by atoms with Gasteiger partial charge in [0.1, 0.15) is 0 Å². The molecule has 22 heavy (non-hydrogen) atoms. The number of nitrogens with zero attached hydrogens (tertiary/aromatic N) is 1. The van der Waals surface area contributed by atoms with E-state index in [2.05, 4.69) is 46.0 Å². The summed E-state index contributed by atoms with van der Waals surface area (Å²) in [4.78, 5) is 1.17. The summed E-state index contributed by atoms with van der Waals surface area (Å²) in [5, 5.41) is 13.3. The van der Waals surface area contributed by atoms with Crippen LogP contribution in [-0.4, -0.2) is 31.9 Å². The quantitative estimate of drug-likeness (QED) is 0.688. The van der Waals surface area contributed by atoms with Crippen LogP contribution >= 0.6 is 11.8 Å². The number of rotatable bonds is 6. The number of hydroxylamine groups is 2. The molecule has 0 N–H and O–H groups in total. The zero-order valence-corrected chi connectivity index (χ0v) is 16.2. The Labute approximate surface area is 140 Å². The second kappa shape index (κ2) is 7.05. The SMILES string of the molecule is CC(C)(C)[Si](C)(C)OCC[C@H]1CN([O-])[C@@H]1Sc1ccccc1. The Morgan fingerprint density at radius 1 is 1.27 bits per heavy atom. The molecule has 0 aliphatic carbocycles. The number of hydrogen-bond acceptors (Lipinski definition) is 4. The summed E-state index contributed by atoms with van der Waals surface area (Å²) < 4.78 is 6.24. The van der Waals surface area contributed by atoms with Crippen molar-refractivity contribution in [2.75, 3.05) is 13.2 Å². The predicted molar refractivity (Wildman–Crippen MR) is 97.4 cm³/mol. The maximum absolute atomic E-state index is 11.8. The molecular formula is C17H28NO2SSi-. The number of thioether (sulfide) groups is 1. The van der Waals surface area contributed by atoms with Crippen molar-refractivity contribution in [1.82, 2.24) is 5.06 Å². The largest absolute Gasteiger partial charge is 0.784 e. The summed E-state index contributed by atoms with van der Waals surface area (Å²) in [5.74, 6) is 0.437. The molecule has 3 nitrogen and oxygen atoms in total. The smallest absolute Gasteiger partial charge is 0.191 e. The third kappa shape index (κ3) is 4.36. The van der Waals surface area contributed by atoms with E-state index in [1.165, 1.54) is 9.96 Å². The first kappa shape index (κ1) is 18.0. The fourth-order valence-electron chi connectivity index (χ4n) is 2.23. The van der Waals surface area contributed by atoms with Crippen LogP contribution in [0.5, 0.6) is 0 Å². The molecule has 1 aliphatic heterocycles. The molecule has 1 aromatic rings. The molecule has 5 heteroatoms. The Kier molecular flexibility index (Phi) is 5.77. The summed E-state index contributed by atoms with van der Waals surface area (Å²) in [5.41, 5.74) is 0. The molecule has 0 bridgehead atoms. The Morgan fingerprint density at radius 2 is 1.91 bits per heavy atom. The van der Waals surface area contributed by atoms with Crippen LogP contribution < -0.4 is 0 Å². The Morgan fingerprint density at radius 3 is 2.45 bits per heavy atom. The highest BCUT2D eigenvalue weighted by atomic mass is 32.2. The lowest BCUT2D eigenvalue weighted by Crippen LogP contribution is -2.51. The molecule has 1 saturated heterocycles. The fraction of sp³-hybridized carbons (Fsp3) is 0.647. The highest BCUT2D eigenvalue weighted by Gasteiger charge is 2.38. The van der Waals surface area contributed by atoms with E-state index in [0.29, 0.717) is 12.5 Å². The highest BCUT2D eigenvalue weighted by Crippen LogP contribution is 2.40. The first-order valence-corrected chi connectivity index (χ1v) is 11.8. The normalized spacial score (nSPS) is 23.4. The van der Waals surface area contributed by atoms with Crippen LogP contribution in [0, 0.1) is 11.1 Å². The maximum atomic E-state index is 11.8. The molecule has 0 unspecified atom stereocenters. The van der Waals surface area contributed by atoms with Crippen molar-refractivity contribution in [3.05, 3.63) is 35.5 Å². The van der Waals surface area contributed by atoms with Gasteiger partial charge in [0.25, 0.3) is 0 Å². The monoisotopic (exact) mass is 338 g/mol. The minimum absolute atomic E-state index is 0.0467. The average Bonchev–Trinajstić information content (AvgIpc) is 2.44. The minimum atomic E-state index is -1.67. The number of benzene rings is 1. The average molecular weight is 339 g/mol. The van der Waals surface area contributed by atoms with E-state index in [0.717, 1.165) is 13.0 Å². The summed E-state index contributed by atoms with van der Waals surface area (Å²) in [7, 11) is -1.67. The van der Waals surface area contributed by atoms with Crippen molar-refractivity contribution < 1.29 is 4.43 Å². The van der Waals surface area contributed by atoms with E-state index in [1.807, 2.05) is 18.2 Å². The van der Waals surface area contributed by atoms with Crippen molar-refractivity contribution in [3.8, 4) is 0 Å². The van der Waals surface area contributed by atoms with Crippen molar-refractivity contribution >= 4 is 20.1 Å². The zero-order chi connectivity index (χ0) is 16.4. The van der Waals surface area contributed by atoms with Crippen LogP contribution in [0.4, 0.5) is 0 Å². The van der Waals surface area contributed by atoms with Gasteiger partial charge in [-0.05, 0) is 49.1 Å². The summed E-state index contributed by atoms with van der Waals surface area (Å²) >= 11 is 1.68. The first-order valence-electron chi connectivity index (χ1n) is 8.00. The van der Waals surface area contributed by atoms with E-state index in [1.54, 1.807) is 11.8 Å². The Bertz CT molecular complexity index is 475. The molecular weight excluding hydrogens is 310 g/mol. The molecule has 124 valence electrons. The fourth-order valence-corrected chi connectivity index (χ4v) is 4.50. The van der Waals surface area contributed by atoms with Gasteiger partial charge >= 0.3 is 0 Å². The van der Waals surface area contributed by atoms with E-state index in [4.69, 9.17) is 4.43 Å². The lowest BCUT2D eigenvalue weighted by atomic mass is 9.99. The summed E-state index contributed by atoms with van der Waals surface area (Å²) in [6.45, 7) is 12.8. The molecule has 1 aromatic carbocycles. The van der Waals surface area contributed by atoms with Crippen molar-refractivity contribution in [2.45, 2.75) is 55.6 Å². The predicted octanol–water partition coefficient (Wildman–Crippen LogP) is 4.95. The maximum Gasteiger partial charge on any atom is 0.191 e. The topological polar surface area (TPSA) is 35.5 Å². The zero-order valence-electron chi connectivity index (χ0n) is 14.3. The van der Waals surface area contributed by atoms with Gasteiger partial charge in [0.2, 0.25) is 0 Å². The molecule has 2 atom stereocenters. The lowest BCUT2D eigenvalue weighted by Gasteiger charge is -2.53. The second-order valence-electron chi connectivity index (χ2n) is 7.58. The molecule has 1 aliphatic rings. The van der Waals surface area contributed by atoms with Gasteiger partial charge in [0.15, 0.2) is 8.32 Å². The van der Waals surface area contributed by atoms with E-state index in [9.17, 15) is 5.21 Å². The van der Waals surface area contributed by atoms with Gasteiger partial charge in [-0.25, -0.2) is 0 Å². The molecule has 0 spiro atoms.